The van der Waals surface area contributed by atoms with Crippen LogP contribution in [-0.4, -0.2) is 30.6 Å². The van der Waals surface area contributed by atoms with Gasteiger partial charge >= 0.3 is 0 Å². The van der Waals surface area contributed by atoms with Crippen LogP contribution >= 0.6 is 0 Å². The van der Waals surface area contributed by atoms with E-state index in [0.717, 1.165) is 30.8 Å². The molecule has 2 rings (SSSR count). The number of hydrogen-bond acceptors (Lipinski definition) is 4. The van der Waals surface area contributed by atoms with Crippen molar-refractivity contribution in [3.8, 4) is 11.5 Å². The van der Waals surface area contributed by atoms with Gasteiger partial charge in [0.25, 0.3) is 0 Å². The molecule has 0 bridgehead atoms. The van der Waals surface area contributed by atoms with Gasteiger partial charge in [-0.1, -0.05) is 6.07 Å². The summed E-state index contributed by atoms with van der Waals surface area (Å²) in [4.78, 5) is 0. The zero-order chi connectivity index (χ0) is 13.7. The number of benzene rings is 1. The Bertz CT molecular complexity index is 408. The van der Waals surface area contributed by atoms with Gasteiger partial charge in [-0.2, -0.15) is 0 Å². The molecule has 2 unspecified atom stereocenters. The van der Waals surface area contributed by atoms with Crippen molar-refractivity contribution in [2.75, 3.05) is 13.4 Å². The van der Waals surface area contributed by atoms with Crippen molar-refractivity contribution >= 4 is 0 Å². The molecule has 0 radical (unpaired) electrons. The normalized spacial score (nSPS) is 16.4. The number of ether oxygens (including phenoxy) is 2. The van der Waals surface area contributed by atoms with Crippen molar-refractivity contribution in [1.29, 1.82) is 0 Å². The van der Waals surface area contributed by atoms with Gasteiger partial charge in [0.15, 0.2) is 11.5 Å². The van der Waals surface area contributed by atoms with Gasteiger partial charge in [0.05, 0.1) is 0 Å². The van der Waals surface area contributed by atoms with Crippen LogP contribution in [0.2, 0.25) is 0 Å². The number of fused-ring (bicyclic) bond motifs is 1. The molecule has 4 nitrogen and oxygen atoms in total. The van der Waals surface area contributed by atoms with Gasteiger partial charge in [-0.3, -0.25) is 0 Å². The van der Waals surface area contributed by atoms with E-state index in [9.17, 15) is 0 Å². The second kappa shape index (κ2) is 6.78. The highest BCUT2D eigenvalue weighted by Gasteiger charge is 2.13. The quantitative estimate of drug-likeness (QED) is 0.792. The van der Waals surface area contributed by atoms with Gasteiger partial charge in [0, 0.05) is 18.7 Å². The molecule has 2 N–H and O–H groups in total. The second-order valence-corrected chi connectivity index (χ2v) is 5.21. The third-order valence-electron chi connectivity index (χ3n) is 3.43. The predicted octanol–water partition coefficient (Wildman–Crippen LogP) is 2.10. The van der Waals surface area contributed by atoms with E-state index >= 15 is 0 Å². The molecule has 106 valence electrons. The zero-order valence-electron chi connectivity index (χ0n) is 11.7. The number of hydrogen-bond donors (Lipinski definition) is 2. The van der Waals surface area contributed by atoms with Gasteiger partial charge in [0.1, 0.15) is 0 Å². The van der Waals surface area contributed by atoms with Crippen molar-refractivity contribution in [2.45, 2.75) is 45.2 Å². The maximum atomic E-state index is 8.88. The first-order valence-corrected chi connectivity index (χ1v) is 6.94. The van der Waals surface area contributed by atoms with Crippen LogP contribution in [-0.2, 0) is 6.42 Å². The van der Waals surface area contributed by atoms with Crippen molar-refractivity contribution in [3.63, 3.8) is 0 Å². The van der Waals surface area contributed by atoms with Gasteiger partial charge in [-0.15, -0.1) is 0 Å². The minimum atomic E-state index is 0.239. The Kier molecular flexibility index (Phi) is 5.05. The average Bonchev–Trinajstić information content (AvgIpc) is 2.83. The molecule has 1 heterocycles. The maximum Gasteiger partial charge on any atom is 0.231 e. The maximum absolute atomic E-state index is 8.88. The fourth-order valence-corrected chi connectivity index (χ4v) is 2.33. The van der Waals surface area contributed by atoms with Crippen LogP contribution < -0.4 is 14.8 Å². The van der Waals surface area contributed by atoms with E-state index in [0.29, 0.717) is 18.9 Å². The first-order chi connectivity index (χ1) is 9.19. The highest BCUT2D eigenvalue weighted by Crippen LogP contribution is 2.32. The molecule has 1 aromatic rings. The molecule has 0 fully saturated rings. The van der Waals surface area contributed by atoms with E-state index in [1.54, 1.807) is 0 Å². The van der Waals surface area contributed by atoms with Gasteiger partial charge in [-0.25, -0.2) is 0 Å². The molecule has 1 aliphatic heterocycles. The smallest absolute Gasteiger partial charge is 0.231 e. The van der Waals surface area contributed by atoms with Crippen molar-refractivity contribution in [3.05, 3.63) is 23.8 Å². The van der Waals surface area contributed by atoms with Gasteiger partial charge < -0.3 is 19.9 Å². The molecule has 2 atom stereocenters. The number of aliphatic hydroxyl groups excluding tert-OH is 1. The lowest BCUT2D eigenvalue weighted by Crippen LogP contribution is -2.35. The number of rotatable bonds is 7. The summed E-state index contributed by atoms with van der Waals surface area (Å²) in [5.74, 6) is 1.69. The fraction of sp³-hybridized carbons (Fsp3) is 0.600. The molecule has 0 aromatic heterocycles. The molecule has 4 heteroatoms. The highest BCUT2D eigenvalue weighted by molar-refractivity contribution is 5.44. The zero-order valence-corrected chi connectivity index (χ0v) is 11.7. The van der Waals surface area contributed by atoms with Crippen LogP contribution in [0.3, 0.4) is 0 Å². The summed E-state index contributed by atoms with van der Waals surface area (Å²) in [6.07, 6.45) is 2.88. The Hall–Kier alpha value is -1.26. The number of aliphatic hydroxyl groups is 1. The Morgan fingerprint density at radius 2 is 1.89 bits per heavy atom. The Morgan fingerprint density at radius 1 is 1.16 bits per heavy atom. The monoisotopic (exact) mass is 265 g/mol. The van der Waals surface area contributed by atoms with Crippen molar-refractivity contribution < 1.29 is 14.6 Å². The minimum absolute atomic E-state index is 0.239. The molecule has 1 aliphatic rings. The molecular formula is C15H23NO3. The Balaban J connectivity index is 1.78. The van der Waals surface area contributed by atoms with Crippen LogP contribution in [0, 0.1) is 0 Å². The number of aryl methyl sites for hydroxylation is 1. The molecule has 0 amide bonds. The highest BCUT2D eigenvalue weighted by atomic mass is 16.7. The summed E-state index contributed by atoms with van der Waals surface area (Å²) in [7, 11) is 0. The first-order valence-electron chi connectivity index (χ1n) is 6.94. The molecule has 0 saturated heterocycles. The molecule has 0 spiro atoms. The van der Waals surface area contributed by atoms with Gasteiger partial charge in [-0.05, 0) is 50.8 Å². The largest absolute Gasteiger partial charge is 0.454 e. The predicted molar refractivity (Wildman–Crippen MR) is 74.6 cm³/mol. The van der Waals surface area contributed by atoms with Crippen molar-refractivity contribution in [2.24, 2.45) is 0 Å². The van der Waals surface area contributed by atoms with E-state index < -0.39 is 0 Å². The summed E-state index contributed by atoms with van der Waals surface area (Å²) < 4.78 is 10.7. The Morgan fingerprint density at radius 3 is 2.68 bits per heavy atom. The van der Waals surface area contributed by atoms with Crippen LogP contribution in [0.25, 0.3) is 0 Å². The fourth-order valence-electron chi connectivity index (χ4n) is 2.33. The van der Waals surface area contributed by atoms with E-state index in [2.05, 4.69) is 31.3 Å². The van der Waals surface area contributed by atoms with Gasteiger partial charge in [0.2, 0.25) is 6.79 Å². The van der Waals surface area contributed by atoms with Crippen LogP contribution in [0.4, 0.5) is 0 Å². The lowest BCUT2D eigenvalue weighted by molar-refractivity contribution is 0.174. The lowest BCUT2D eigenvalue weighted by Gasteiger charge is -2.19. The molecule has 19 heavy (non-hydrogen) atoms. The average molecular weight is 265 g/mol. The number of nitrogens with one attached hydrogen (secondary N) is 1. The summed E-state index contributed by atoms with van der Waals surface area (Å²) in [5.41, 5.74) is 1.27. The molecular weight excluding hydrogens is 242 g/mol. The molecule has 0 aliphatic carbocycles. The van der Waals surface area contributed by atoms with E-state index in [1.165, 1.54) is 5.56 Å². The summed E-state index contributed by atoms with van der Waals surface area (Å²) in [5, 5.41) is 12.4. The van der Waals surface area contributed by atoms with Crippen LogP contribution in [0.5, 0.6) is 11.5 Å². The van der Waals surface area contributed by atoms with Crippen molar-refractivity contribution in [1.82, 2.24) is 5.32 Å². The van der Waals surface area contributed by atoms with E-state index in [4.69, 9.17) is 14.6 Å². The van der Waals surface area contributed by atoms with E-state index in [1.807, 2.05) is 6.07 Å². The van der Waals surface area contributed by atoms with Crippen LogP contribution in [0.15, 0.2) is 18.2 Å². The minimum Gasteiger partial charge on any atom is -0.454 e. The third-order valence-corrected chi connectivity index (χ3v) is 3.43. The Labute approximate surface area is 114 Å². The topological polar surface area (TPSA) is 50.7 Å². The first kappa shape index (κ1) is 14.2. The summed E-state index contributed by atoms with van der Waals surface area (Å²) >= 11 is 0. The lowest BCUT2D eigenvalue weighted by atomic mass is 10.0. The molecule has 0 saturated carbocycles. The second-order valence-electron chi connectivity index (χ2n) is 5.21. The molecule has 1 aromatic carbocycles. The summed E-state index contributed by atoms with van der Waals surface area (Å²) in [6.45, 7) is 4.85. The third kappa shape index (κ3) is 4.11. The summed E-state index contributed by atoms with van der Waals surface area (Å²) in [6, 6.07) is 6.93. The standard InChI is InChI=1S/C15H23NO3/c1-11(16-12(2)7-8-17)3-4-13-5-6-14-15(9-13)19-10-18-14/h5-6,9,11-12,16-17H,3-4,7-8,10H2,1-2H3. The van der Waals surface area contributed by atoms with E-state index in [-0.39, 0.29) is 6.61 Å². The van der Waals surface area contributed by atoms with Crippen LogP contribution in [0.1, 0.15) is 32.3 Å². The SMILES string of the molecule is CC(CCO)NC(C)CCc1ccc2c(c1)OCO2.